The Hall–Kier alpha value is -3.06. The zero-order chi connectivity index (χ0) is 17.8. The van der Waals surface area contributed by atoms with Gasteiger partial charge in [0.1, 0.15) is 17.6 Å². The summed E-state index contributed by atoms with van der Waals surface area (Å²) in [7, 11) is 0. The number of nitriles is 1. The van der Waals surface area contributed by atoms with Gasteiger partial charge in [-0.05, 0) is 61.7 Å². The van der Waals surface area contributed by atoms with E-state index in [1.165, 1.54) is 0 Å². The van der Waals surface area contributed by atoms with Crippen molar-refractivity contribution in [2.45, 2.75) is 33.3 Å². The van der Waals surface area contributed by atoms with Gasteiger partial charge < -0.3 is 9.72 Å². The number of benzene rings is 2. The number of rotatable bonds is 5. The van der Waals surface area contributed by atoms with Crippen molar-refractivity contribution in [3.05, 3.63) is 59.4 Å². The molecule has 1 aromatic heterocycles. The van der Waals surface area contributed by atoms with Gasteiger partial charge in [0.2, 0.25) is 0 Å². The van der Waals surface area contributed by atoms with Crippen LogP contribution in [0.2, 0.25) is 0 Å². The summed E-state index contributed by atoms with van der Waals surface area (Å²) in [6, 6.07) is 16.0. The highest BCUT2D eigenvalue weighted by atomic mass is 16.5. The second-order valence-corrected chi connectivity index (χ2v) is 6.18. The smallest absolute Gasteiger partial charge is 0.149 e. The van der Waals surface area contributed by atoms with Crippen molar-refractivity contribution >= 4 is 22.7 Å². The lowest BCUT2D eigenvalue weighted by Crippen LogP contribution is -2.09. The summed E-state index contributed by atoms with van der Waals surface area (Å²) >= 11 is 0. The third-order valence-electron chi connectivity index (χ3n) is 4.12. The lowest BCUT2D eigenvalue weighted by Gasteiger charge is -2.12. The number of nitrogens with zero attached hydrogens (tertiary/aromatic N) is 2. The standard InChI is InChI=1S/C21H21N3O/c1-4-15(3)25-18-8-6-16(7-9-18)12-17(13-22)21-23-19-10-5-14(2)11-20(19)24-21/h5-12,15H,4H2,1-3H3,(H,23,24)/b17-12-/t15-/m0/s1. The Morgan fingerprint density at radius 2 is 2.04 bits per heavy atom. The van der Waals surface area contributed by atoms with Crippen molar-refractivity contribution in [2.24, 2.45) is 0 Å². The van der Waals surface area contributed by atoms with Gasteiger partial charge in [-0.25, -0.2) is 4.98 Å². The van der Waals surface area contributed by atoms with Gasteiger partial charge in [0.15, 0.2) is 0 Å². The molecule has 0 saturated heterocycles. The first-order valence-corrected chi connectivity index (χ1v) is 8.44. The molecule has 0 bridgehead atoms. The normalized spacial score (nSPS) is 12.8. The molecule has 4 nitrogen and oxygen atoms in total. The lowest BCUT2D eigenvalue weighted by molar-refractivity contribution is 0.217. The average molecular weight is 331 g/mol. The SMILES string of the molecule is CC[C@H](C)Oc1ccc(/C=C(/C#N)c2nc3ccc(C)cc3[nH]2)cc1. The van der Waals surface area contributed by atoms with Crippen molar-refractivity contribution in [2.75, 3.05) is 0 Å². The number of aryl methyl sites for hydroxylation is 1. The van der Waals surface area contributed by atoms with E-state index in [9.17, 15) is 5.26 Å². The quantitative estimate of drug-likeness (QED) is 0.661. The van der Waals surface area contributed by atoms with Crippen LogP contribution in [-0.4, -0.2) is 16.1 Å². The predicted molar refractivity (Wildman–Crippen MR) is 101 cm³/mol. The van der Waals surface area contributed by atoms with Crippen LogP contribution >= 0.6 is 0 Å². The topological polar surface area (TPSA) is 61.7 Å². The van der Waals surface area contributed by atoms with Gasteiger partial charge in [0.05, 0.1) is 22.7 Å². The first kappa shape index (κ1) is 16.8. The second-order valence-electron chi connectivity index (χ2n) is 6.18. The molecular weight excluding hydrogens is 310 g/mol. The van der Waals surface area contributed by atoms with Crippen LogP contribution in [0, 0.1) is 18.3 Å². The van der Waals surface area contributed by atoms with Crippen LogP contribution in [-0.2, 0) is 0 Å². The van der Waals surface area contributed by atoms with Crippen LogP contribution in [0.5, 0.6) is 5.75 Å². The number of ether oxygens (including phenoxy) is 1. The van der Waals surface area contributed by atoms with Crippen molar-refractivity contribution in [3.8, 4) is 11.8 Å². The second kappa shape index (κ2) is 7.23. The summed E-state index contributed by atoms with van der Waals surface area (Å²) in [6.45, 7) is 6.17. The Morgan fingerprint density at radius 3 is 2.72 bits per heavy atom. The van der Waals surface area contributed by atoms with E-state index in [1.807, 2.05) is 62.4 Å². The minimum atomic E-state index is 0.190. The molecule has 2 aromatic carbocycles. The van der Waals surface area contributed by atoms with Gasteiger partial charge >= 0.3 is 0 Å². The number of allylic oxidation sites excluding steroid dienone is 1. The van der Waals surface area contributed by atoms with Gasteiger partial charge in [0.25, 0.3) is 0 Å². The fourth-order valence-corrected chi connectivity index (χ4v) is 2.53. The number of H-pyrrole nitrogens is 1. The number of aromatic amines is 1. The number of imidazole rings is 1. The number of aromatic nitrogens is 2. The van der Waals surface area contributed by atoms with Crippen LogP contribution < -0.4 is 4.74 Å². The molecule has 0 aliphatic rings. The average Bonchev–Trinajstić information content (AvgIpc) is 3.03. The Morgan fingerprint density at radius 1 is 1.28 bits per heavy atom. The van der Waals surface area contributed by atoms with Crippen LogP contribution in [0.1, 0.15) is 37.2 Å². The zero-order valence-electron chi connectivity index (χ0n) is 14.7. The summed E-state index contributed by atoms with van der Waals surface area (Å²) in [5.41, 5.74) is 4.39. The molecule has 1 atom stereocenters. The van der Waals surface area contributed by atoms with Crippen molar-refractivity contribution in [3.63, 3.8) is 0 Å². The zero-order valence-corrected chi connectivity index (χ0v) is 14.7. The van der Waals surface area contributed by atoms with E-state index in [0.29, 0.717) is 11.4 Å². The lowest BCUT2D eigenvalue weighted by atomic mass is 10.1. The molecule has 0 aliphatic heterocycles. The maximum Gasteiger partial charge on any atom is 0.149 e. The molecule has 3 aromatic rings. The molecular formula is C21H21N3O. The van der Waals surface area contributed by atoms with Crippen molar-refractivity contribution in [1.82, 2.24) is 9.97 Å². The highest BCUT2D eigenvalue weighted by Crippen LogP contribution is 2.21. The molecule has 0 amide bonds. The van der Waals surface area contributed by atoms with Crippen LogP contribution in [0.25, 0.3) is 22.7 Å². The highest BCUT2D eigenvalue weighted by Gasteiger charge is 2.08. The minimum absolute atomic E-state index is 0.190. The maximum absolute atomic E-state index is 9.52. The van der Waals surface area contributed by atoms with Crippen LogP contribution in [0.3, 0.4) is 0 Å². The maximum atomic E-state index is 9.52. The van der Waals surface area contributed by atoms with Crippen LogP contribution in [0.4, 0.5) is 0 Å². The summed E-state index contributed by atoms with van der Waals surface area (Å²) < 4.78 is 5.78. The Balaban J connectivity index is 1.87. The highest BCUT2D eigenvalue weighted by molar-refractivity contribution is 5.90. The van der Waals surface area contributed by atoms with Gasteiger partial charge in [-0.2, -0.15) is 5.26 Å². The monoisotopic (exact) mass is 331 g/mol. The van der Waals surface area contributed by atoms with E-state index < -0.39 is 0 Å². The van der Waals surface area contributed by atoms with E-state index in [-0.39, 0.29) is 6.10 Å². The molecule has 0 spiro atoms. The molecule has 3 rings (SSSR count). The van der Waals surface area contributed by atoms with Crippen molar-refractivity contribution in [1.29, 1.82) is 5.26 Å². The summed E-state index contributed by atoms with van der Waals surface area (Å²) in [6.07, 6.45) is 2.98. The molecule has 1 heterocycles. The molecule has 126 valence electrons. The molecule has 4 heteroatoms. The van der Waals surface area contributed by atoms with Gasteiger partial charge in [-0.1, -0.05) is 25.1 Å². The molecule has 0 radical (unpaired) electrons. The van der Waals surface area contributed by atoms with Gasteiger partial charge in [0, 0.05) is 0 Å². The van der Waals surface area contributed by atoms with E-state index in [4.69, 9.17) is 4.74 Å². The Labute approximate surface area is 147 Å². The molecule has 25 heavy (non-hydrogen) atoms. The van der Waals surface area contributed by atoms with Crippen LogP contribution in [0.15, 0.2) is 42.5 Å². The molecule has 0 unspecified atom stereocenters. The third-order valence-corrected chi connectivity index (χ3v) is 4.12. The first-order valence-electron chi connectivity index (χ1n) is 8.44. The minimum Gasteiger partial charge on any atom is -0.491 e. The van der Waals surface area contributed by atoms with Gasteiger partial charge in [-0.3, -0.25) is 0 Å². The first-order chi connectivity index (χ1) is 12.1. The number of nitrogens with one attached hydrogen (secondary N) is 1. The molecule has 0 fully saturated rings. The molecule has 0 aliphatic carbocycles. The largest absolute Gasteiger partial charge is 0.491 e. The predicted octanol–water partition coefficient (Wildman–Crippen LogP) is 5.11. The van der Waals surface area contributed by atoms with Gasteiger partial charge in [-0.15, -0.1) is 0 Å². The van der Waals surface area contributed by atoms with E-state index in [2.05, 4.69) is 23.0 Å². The Bertz CT molecular complexity index is 945. The third kappa shape index (κ3) is 3.89. The number of hydrogen-bond acceptors (Lipinski definition) is 3. The summed E-state index contributed by atoms with van der Waals surface area (Å²) in [5.74, 6) is 1.42. The van der Waals surface area contributed by atoms with E-state index in [1.54, 1.807) is 0 Å². The molecule has 0 saturated carbocycles. The Kier molecular flexibility index (Phi) is 4.85. The fraction of sp³-hybridized carbons (Fsp3) is 0.238. The number of fused-ring (bicyclic) bond motifs is 1. The van der Waals surface area contributed by atoms with E-state index in [0.717, 1.165) is 34.3 Å². The summed E-state index contributed by atoms with van der Waals surface area (Å²) in [4.78, 5) is 7.74. The molecule has 1 N–H and O–H groups in total. The van der Waals surface area contributed by atoms with Crippen molar-refractivity contribution < 1.29 is 4.74 Å². The van der Waals surface area contributed by atoms with E-state index >= 15 is 0 Å². The number of hydrogen-bond donors (Lipinski definition) is 1. The fourth-order valence-electron chi connectivity index (χ4n) is 2.53. The summed E-state index contributed by atoms with van der Waals surface area (Å²) in [5, 5.41) is 9.52.